The van der Waals surface area contributed by atoms with Crippen molar-refractivity contribution in [3.05, 3.63) is 22.8 Å². The van der Waals surface area contributed by atoms with Gasteiger partial charge in [-0.1, -0.05) is 19.0 Å². The van der Waals surface area contributed by atoms with Gasteiger partial charge in [-0.2, -0.15) is 0 Å². The van der Waals surface area contributed by atoms with Crippen LogP contribution in [0, 0.1) is 13.8 Å². The van der Waals surface area contributed by atoms with E-state index in [0.29, 0.717) is 12.5 Å². The first-order chi connectivity index (χ1) is 11.0. The van der Waals surface area contributed by atoms with Crippen molar-refractivity contribution in [2.24, 2.45) is 7.05 Å². The number of nitrogens with zero attached hydrogens (tertiary/aromatic N) is 5. The van der Waals surface area contributed by atoms with Crippen LogP contribution in [0.2, 0.25) is 0 Å². The molecule has 3 heterocycles. The highest BCUT2D eigenvalue weighted by Gasteiger charge is 2.27. The summed E-state index contributed by atoms with van der Waals surface area (Å²) in [6, 6.07) is 0. The van der Waals surface area contributed by atoms with Gasteiger partial charge in [0.15, 0.2) is 0 Å². The Kier molecular flexibility index (Phi) is 4.39. The molecule has 1 atom stereocenters. The standard InChI is InChI=1S/C16H25N5O2/c1-10(2)15-17-18-16(20(15)5)21-7-6-13(8-21)22-9-14-11(3)19-23-12(14)4/h10,13H,6-9H2,1-5H3. The van der Waals surface area contributed by atoms with Crippen molar-refractivity contribution in [3.8, 4) is 0 Å². The summed E-state index contributed by atoms with van der Waals surface area (Å²) in [4.78, 5) is 2.25. The van der Waals surface area contributed by atoms with Crippen molar-refractivity contribution in [3.63, 3.8) is 0 Å². The number of anilines is 1. The van der Waals surface area contributed by atoms with Crippen LogP contribution in [0.3, 0.4) is 0 Å². The fourth-order valence-electron chi connectivity index (χ4n) is 3.07. The van der Waals surface area contributed by atoms with Crippen LogP contribution in [0.4, 0.5) is 5.95 Å². The molecule has 2 aromatic rings. The molecule has 1 unspecified atom stereocenters. The van der Waals surface area contributed by atoms with Gasteiger partial charge in [0.05, 0.1) is 18.4 Å². The van der Waals surface area contributed by atoms with Crippen molar-refractivity contribution < 1.29 is 9.26 Å². The maximum Gasteiger partial charge on any atom is 0.227 e. The number of ether oxygens (including phenoxy) is 1. The summed E-state index contributed by atoms with van der Waals surface area (Å²) in [7, 11) is 2.03. The van der Waals surface area contributed by atoms with Gasteiger partial charge in [-0.15, -0.1) is 10.2 Å². The average molecular weight is 319 g/mol. The van der Waals surface area contributed by atoms with E-state index >= 15 is 0 Å². The molecule has 2 aromatic heterocycles. The van der Waals surface area contributed by atoms with Gasteiger partial charge >= 0.3 is 0 Å². The minimum Gasteiger partial charge on any atom is -0.371 e. The molecule has 7 heteroatoms. The normalized spacial score (nSPS) is 18.3. The number of hydrogen-bond acceptors (Lipinski definition) is 6. The molecule has 0 aliphatic carbocycles. The fourth-order valence-corrected chi connectivity index (χ4v) is 3.07. The molecule has 1 saturated heterocycles. The van der Waals surface area contributed by atoms with E-state index in [1.54, 1.807) is 0 Å². The van der Waals surface area contributed by atoms with Crippen molar-refractivity contribution in [2.75, 3.05) is 18.0 Å². The van der Waals surface area contributed by atoms with Crippen LogP contribution in [0.25, 0.3) is 0 Å². The zero-order valence-electron chi connectivity index (χ0n) is 14.5. The lowest BCUT2D eigenvalue weighted by atomic mass is 10.2. The number of aryl methyl sites for hydroxylation is 2. The van der Waals surface area contributed by atoms with Crippen LogP contribution < -0.4 is 4.90 Å². The Balaban J connectivity index is 1.61. The van der Waals surface area contributed by atoms with Gasteiger partial charge in [0.25, 0.3) is 0 Å². The summed E-state index contributed by atoms with van der Waals surface area (Å²) < 4.78 is 13.3. The molecular weight excluding hydrogens is 294 g/mol. The van der Waals surface area contributed by atoms with Crippen LogP contribution in [-0.4, -0.2) is 39.1 Å². The quantitative estimate of drug-likeness (QED) is 0.842. The Labute approximate surface area is 136 Å². The zero-order valence-corrected chi connectivity index (χ0v) is 14.5. The maximum atomic E-state index is 6.06. The van der Waals surface area contributed by atoms with E-state index in [2.05, 4.69) is 38.7 Å². The van der Waals surface area contributed by atoms with Crippen LogP contribution in [0.15, 0.2) is 4.52 Å². The van der Waals surface area contributed by atoms with Crippen LogP contribution in [0.5, 0.6) is 0 Å². The first-order valence-corrected chi connectivity index (χ1v) is 8.15. The molecule has 0 aromatic carbocycles. The first kappa shape index (κ1) is 16.0. The number of aromatic nitrogens is 4. The third kappa shape index (κ3) is 3.10. The van der Waals surface area contributed by atoms with Crippen molar-refractivity contribution >= 4 is 5.95 Å². The van der Waals surface area contributed by atoms with E-state index in [1.165, 1.54) is 0 Å². The number of rotatable bonds is 5. The predicted molar refractivity (Wildman–Crippen MR) is 86.5 cm³/mol. The van der Waals surface area contributed by atoms with Gasteiger partial charge in [-0.3, -0.25) is 0 Å². The summed E-state index contributed by atoms with van der Waals surface area (Å²) in [5.41, 5.74) is 1.97. The second-order valence-electron chi connectivity index (χ2n) is 6.54. The molecule has 23 heavy (non-hydrogen) atoms. The van der Waals surface area contributed by atoms with Crippen LogP contribution in [0.1, 0.15) is 49.0 Å². The highest BCUT2D eigenvalue weighted by molar-refractivity contribution is 5.33. The molecule has 0 radical (unpaired) electrons. The zero-order chi connectivity index (χ0) is 16.6. The van der Waals surface area contributed by atoms with E-state index in [-0.39, 0.29) is 6.10 Å². The van der Waals surface area contributed by atoms with E-state index in [1.807, 2.05) is 20.9 Å². The molecule has 0 amide bonds. The lowest BCUT2D eigenvalue weighted by Crippen LogP contribution is -2.25. The predicted octanol–water partition coefficient (Wildman–Crippen LogP) is 2.34. The summed E-state index contributed by atoms with van der Waals surface area (Å²) in [5.74, 6) is 3.15. The monoisotopic (exact) mass is 319 g/mol. The minimum atomic E-state index is 0.197. The van der Waals surface area contributed by atoms with Gasteiger partial charge in [0.1, 0.15) is 11.6 Å². The third-order valence-electron chi connectivity index (χ3n) is 4.47. The van der Waals surface area contributed by atoms with Crippen LogP contribution in [-0.2, 0) is 18.4 Å². The second kappa shape index (κ2) is 6.31. The molecule has 1 aliphatic rings. The number of hydrogen-bond donors (Lipinski definition) is 0. The smallest absolute Gasteiger partial charge is 0.227 e. The lowest BCUT2D eigenvalue weighted by Gasteiger charge is -2.18. The summed E-state index contributed by atoms with van der Waals surface area (Å²) in [5, 5.41) is 12.6. The molecule has 0 bridgehead atoms. The van der Waals surface area contributed by atoms with Crippen molar-refractivity contribution in [1.29, 1.82) is 0 Å². The van der Waals surface area contributed by atoms with E-state index in [9.17, 15) is 0 Å². The molecule has 0 spiro atoms. The third-order valence-corrected chi connectivity index (χ3v) is 4.47. The molecular formula is C16H25N5O2. The van der Waals surface area contributed by atoms with E-state index < -0.39 is 0 Å². The second-order valence-corrected chi connectivity index (χ2v) is 6.54. The largest absolute Gasteiger partial charge is 0.371 e. The van der Waals surface area contributed by atoms with Gasteiger partial charge < -0.3 is 18.7 Å². The van der Waals surface area contributed by atoms with Gasteiger partial charge in [-0.25, -0.2) is 0 Å². The Morgan fingerprint density at radius 3 is 2.70 bits per heavy atom. The molecule has 1 fully saturated rings. The van der Waals surface area contributed by atoms with Crippen molar-refractivity contribution in [2.45, 2.75) is 52.7 Å². The van der Waals surface area contributed by atoms with E-state index in [4.69, 9.17) is 9.26 Å². The highest BCUT2D eigenvalue weighted by atomic mass is 16.5. The molecule has 0 saturated carbocycles. The molecule has 126 valence electrons. The van der Waals surface area contributed by atoms with Gasteiger partial charge in [-0.05, 0) is 20.3 Å². The SMILES string of the molecule is Cc1noc(C)c1COC1CCN(c2nnc(C(C)C)n2C)C1. The summed E-state index contributed by atoms with van der Waals surface area (Å²) in [6.45, 7) is 10.5. The first-order valence-electron chi connectivity index (χ1n) is 8.15. The Morgan fingerprint density at radius 2 is 2.09 bits per heavy atom. The Hall–Kier alpha value is -1.89. The summed E-state index contributed by atoms with van der Waals surface area (Å²) >= 11 is 0. The highest BCUT2D eigenvalue weighted by Crippen LogP contribution is 2.24. The Morgan fingerprint density at radius 1 is 1.30 bits per heavy atom. The summed E-state index contributed by atoms with van der Waals surface area (Å²) in [6.07, 6.45) is 1.19. The lowest BCUT2D eigenvalue weighted by molar-refractivity contribution is 0.0543. The molecule has 3 rings (SSSR count). The molecule has 0 N–H and O–H groups in total. The average Bonchev–Trinajstić information content (AvgIpc) is 3.18. The van der Waals surface area contributed by atoms with E-state index in [0.717, 1.165) is 48.3 Å². The van der Waals surface area contributed by atoms with Gasteiger partial charge in [0.2, 0.25) is 5.95 Å². The maximum absolute atomic E-state index is 6.06. The topological polar surface area (TPSA) is 69.2 Å². The molecule has 1 aliphatic heterocycles. The van der Waals surface area contributed by atoms with Gasteiger partial charge in [0, 0.05) is 31.6 Å². The fraction of sp³-hybridized carbons (Fsp3) is 0.688. The van der Waals surface area contributed by atoms with Crippen molar-refractivity contribution in [1.82, 2.24) is 19.9 Å². The minimum absolute atomic E-state index is 0.197. The van der Waals surface area contributed by atoms with Crippen LogP contribution >= 0.6 is 0 Å². The Bertz CT molecular complexity index is 657. The molecule has 7 nitrogen and oxygen atoms in total.